The van der Waals surface area contributed by atoms with Crippen LogP contribution in [0.4, 0.5) is 4.79 Å². The fourth-order valence-corrected chi connectivity index (χ4v) is 2.37. The maximum atomic E-state index is 12.2. The fraction of sp³-hybridized carbons (Fsp3) is 0.353. The van der Waals surface area contributed by atoms with Gasteiger partial charge < -0.3 is 19.9 Å². The Morgan fingerprint density at radius 1 is 1.29 bits per heavy atom. The summed E-state index contributed by atoms with van der Waals surface area (Å²) in [4.78, 5) is 28.8. The van der Waals surface area contributed by atoms with Crippen LogP contribution in [0.3, 0.4) is 0 Å². The lowest BCUT2D eigenvalue weighted by molar-refractivity contribution is -0.141. The van der Waals surface area contributed by atoms with Crippen LogP contribution < -0.4 is 5.32 Å². The van der Waals surface area contributed by atoms with Crippen molar-refractivity contribution in [3.05, 3.63) is 48.5 Å². The minimum atomic E-state index is -0.928. The van der Waals surface area contributed by atoms with Gasteiger partial charge in [0, 0.05) is 31.7 Å². The van der Waals surface area contributed by atoms with Gasteiger partial charge in [0.25, 0.3) is 0 Å². The predicted molar refractivity (Wildman–Crippen MR) is 89.9 cm³/mol. The van der Waals surface area contributed by atoms with Gasteiger partial charge in [0.1, 0.15) is 5.82 Å². The van der Waals surface area contributed by atoms with Crippen molar-refractivity contribution < 1.29 is 14.7 Å². The van der Waals surface area contributed by atoms with Crippen LogP contribution in [-0.4, -0.2) is 45.2 Å². The molecule has 0 bridgehead atoms. The maximum Gasteiger partial charge on any atom is 0.317 e. The lowest BCUT2D eigenvalue weighted by atomic mass is 10.2. The van der Waals surface area contributed by atoms with E-state index in [9.17, 15) is 9.59 Å². The molecule has 2 unspecified atom stereocenters. The lowest BCUT2D eigenvalue weighted by Gasteiger charge is -2.23. The molecule has 7 heteroatoms. The summed E-state index contributed by atoms with van der Waals surface area (Å²) in [6, 6.07) is 9.06. The third kappa shape index (κ3) is 4.13. The monoisotopic (exact) mass is 330 g/mol. The Labute approximate surface area is 140 Å². The number of carbonyl (C=O) groups excluding carboxylic acids is 1. The Kier molecular flexibility index (Phi) is 5.57. The molecule has 0 spiro atoms. The Morgan fingerprint density at radius 3 is 2.58 bits per heavy atom. The molecule has 0 aliphatic rings. The molecular weight excluding hydrogens is 308 g/mol. The first-order valence-electron chi connectivity index (χ1n) is 7.73. The summed E-state index contributed by atoms with van der Waals surface area (Å²) in [6.45, 7) is 3.55. The van der Waals surface area contributed by atoms with Crippen LogP contribution in [0.1, 0.15) is 25.7 Å². The number of nitrogens with zero attached hydrogens (tertiary/aromatic N) is 3. The number of aromatic nitrogens is 2. The van der Waals surface area contributed by atoms with E-state index in [1.54, 1.807) is 20.2 Å². The van der Waals surface area contributed by atoms with E-state index in [1.807, 2.05) is 48.0 Å². The number of nitrogens with one attached hydrogen (secondary N) is 1. The van der Waals surface area contributed by atoms with Gasteiger partial charge in [0.15, 0.2) is 0 Å². The minimum Gasteiger partial charge on any atom is -0.481 e. The van der Waals surface area contributed by atoms with Gasteiger partial charge in [-0.15, -0.1) is 0 Å². The maximum absolute atomic E-state index is 12.2. The van der Waals surface area contributed by atoms with Crippen molar-refractivity contribution >= 4 is 12.0 Å². The van der Waals surface area contributed by atoms with Gasteiger partial charge in [0.2, 0.25) is 0 Å². The highest BCUT2D eigenvalue weighted by molar-refractivity contribution is 5.76. The van der Waals surface area contributed by atoms with Crippen molar-refractivity contribution in [3.8, 4) is 5.69 Å². The summed E-state index contributed by atoms with van der Waals surface area (Å²) in [5.74, 6) is -0.848. The van der Waals surface area contributed by atoms with Crippen molar-refractivity contribution in [1.82, 2.24) is 19.8 Å². The SMILES string of the molecule is CC(CN(C)C(=O)NC(C)c1nccn1-c1ccccc1)C(=O)O. The summed E-state index contributed by atoms with van der Waals surface area (Å²) in [5.41, 5.74) is 0.957. The van der Waals surface area contributed by atoms with Crippen LogP contribution in [0, 0.1) is 5.92 Å². The van der Waals surface area contributed by atoms with E-state index in [4.69, 9.17) is 5.11 Å². The highest BCUT2D eigenvalue weighted by Gasteiger charge is 2.20. The Morgan fingerprint density at radius 2 is 1.96 bits per heavy atom. The molecule has 2 amide bonds. The second kappa shape index (κ2) is 7.63. The van der Waals surface area contributed by atoms with E-state index >= 15 is 0 Å². The summed E-state index contributed by atoms with van der Waals surface area (Å²) in [5, 5.41) is 11.8. The van der Waals surface area contributed by atoms with Gasteiger partial charge in [-0.3, -0.25) is 4.79 Å². The summed E-state index contributed by atoms with van der Waals surface area (Å²) in [6.07, 6.45) is 3.52. The highest BCUT2D eigenvalue weighted by atomic mass is 16.4. The van der Waals surface area contributed by atoms with E-state index in [1.165, 1.54) is 4.90 Å². The fourth-order valence-electron chi connectivity index (χ4n) is 2.37. The number of carboxylic acid groups (broad SMARTS) is 1. The largest absolute Gasteiger partial charge is 0.481 e. The zero-order valence-corrected chi connectivity index (χ0v) is 14.0. The molecule has 0 saturated heterocycles. The number of carbonyl (C=O) groups is 2. The van der Waals surface area contributed by atoms with Crippen LogP contribution in [0.2, 0.25) is 0 Å². The molecule has 24 heavy (non-hydrogen) atoms. The molecule has 0 radical (unpaired) electrons. The number of benzene rings is 1. The van der Waals surface area contributed by atoms with E-state index in [0.29, 0.717) is 5.82 Å². The number of hydrogen-bond donors (Lipinski definition) is 2. The number of amides is 2. The Hall–Kier alpha value is -2.83. The molecule has 1 aromatic heterocycles. The van der Waals surface area contributed by atoms with E-state index in [-0.39, 0.29) is 18.6 Å². The van der Waals surface area contributed by atoms with Crippen molar-refractivity contribution in [3.63, 3.8) is 0 Å². The summed E-state index contributed by atoms with van der Waals surface area (Å²) >= 11 is 0. The summed E-state index contributed by atoms with van der Waals surface area (Å²) in [7, 11) is 1.57. The number of rotatable bonds is 6. The third-order valence-corrected chi connectivity index (χ3v) is 3.75. The van der Waals surface area contributed by atoms with Gasteiger partial charge in [0.05, 0.1) is 12.0 Å². The number of hydrogen-bond acceptors (Lipinski definition) is 3. The van der Waals surface area contributed by atoms with Crippen LogP contribution in [0.15, 0.2) is 42.7 Å². The second-order valence-electron chi connectivity index (χ2n) is 5.78. The zero-order chi connectivity index (χ0) is 17.7. The quantitative estimate of drug-likeness (QED) is 0.851. The molecule has 1 aromatic carbocycles. The molecule has 128 valence electrons. The van der Waals surface area contributed by atoms with Crippen molar-refractivity contribution in [2.75, 3.05) is 13.6 Å². The van der Waals surface area contributed by atoms with E-state index in [0.717, 1.165) is 5.69 Å². The molecule has 7 nitrogen and oxygen atoms in total. The Balaban J connectivity index is 2.05. The number of imidazole rings is 1. The molecule has 2 aromatic rings. The second-order valence-corrected chi connectivity index (χ2v) is 5.78. The molecule has 2 atom stereocenters. The van der Waals surface area contributed by atoms with Gasteiger partial charge in [-0.2, -0.15) is 0 Å². The van der Waals surface area contributed by atoms with E-state index in [2.05, 4.69) is 10.3 Å². The average molecular weight is 330 g/mol. The lowest BCUT2D eigenvalue weighted by Crippen LogP contribution is -2.42. The molecule has 2 N–H and O–H groups in total. The normalized spacial score (nSPS) is 13.1. The van der Waals surface area contributed by atoms with Crippen molar-refractivity contribution in [2.24, 2.45) is 5.92 Å². The van der Waals surface area contributed by atoms with Crippen molar-refractivity contribution in [2.45, 2.75) is 19.9 Å². The number of para-hydroxylation sites is 1. The summed E-state index contributed by atoms with van der Waals surface area (Å²) < 4.78 is 1.91. The van der Waals surface area contributed by atoms with Gasteiger partial charge in [-0.1, -0.05) is 25.1 Å². The molecule has 0 aliphatic heterocycles. The van der Waals surface area contributed by atoms with Gasteiger partial charge >= 0.3 is 12.0 Å². The first-order valence-corrected chi connectivity index (χ1v) is 7.73. The Bertz CT molecular complexity index is 699. The van der Waals surface area contributed by atoms with Crippen LogP contribution in [0.25, 0.3) is 5.69 Å². The zero-order valence-electron chi connectivity index (χ0n) is 14.0. The third-order valence-electron chi connectivity index (χ3n) is 3.75. The molecule has 1 heterocycles. The van der Waals surface area contributed by atoms with Gasteiger partial charge in [-0.25, -0.2) is 9.78 Å². The van der Waals surface area contributed by atoms with E-state index < -0.39 is 11.9 Å². The van der Waals surface area contributed by atoms with Crippen LogP contribution in [0.5, 0.6) is 0 Å². The molecule has 2 rings (SSSR count). The van der Waals surface area contributed by atoms with Gasteiger partial charge in [-0.05, 0) is 19.1 Å². The number of carboxylic acids is 1. The van der Waals surface area contributed by atoms with Crippen LogP contribution in [-0.2, 0) is 4.79 Å². The molecular formula is C17H22N4O3. The molecule has 0 aliphatic carbocycles. The smallest absolute Gasteiger partial charge is 0.317 e. The predicted octanol–water partition coefficient (Wildman–Crippen LogP) is 2.30. The number of urea groups is 1. The first-order chi connectivity index (χ1) is 11.4. The topological polar surface area (TPSA) is 87.5 Å². The first kappa shape index (κ1) is 17.5. The minimum absolute atomic E-state index is 0.140. The standard InChI is InChI=1S/C17H22N4O3/c1-12(16(22)23)11-20(3)17(24)19-13(2)15-18-9-10-21(15)14-7-5-4-6-8-14/h4-10,12-13H,11H2,1-3H3,(H,19,24)(H,22,23). The molecule has 0 fully saturated rings. The molecule has 0 saturated carbocycles. The highest BCUT2D eigenvalue weighted by Crippen LogP contribution is 2.16. The van der Waals surface area contributed by atoms with Crippen molar-refractivity contribution in [1.29, 1.82) is 0 Å². The average Bonchev–Trinajstić information content (AvgIpc) is 3.05. The van der Waals surface area contributed by atoms with Crippen LogP contribution >= 0.6 is 0 Å². The number of aliphatic carboxylic acids is 1.